The number of fused-ring (bicyclic) bond motifs is 4. The van der Waals surface area contributed by atoms with Crippen LogP contribution in [0.5, 0.6) is 5.75 Å². The zero-order chi connectivity index (χ0) is 44.3. The number of hydrogen-bond donors (Lipinski definition) is 3. The third kappa shape index (κ3) is 11.5. The SMILES string of the molecule is C=C(/C=C\C(Cl)=C/C)C1=N[C@@H](CC(=O)Nc2ccc(OCCOCCOCCOCCNc3cc(-c4ccc5c(c4)NC(=O)C5)ccn3)cc2)c2nnc(C)n2-c2sc(C)c(C)c21. The fraction of sp³-hybridized carbons (Fsp3) is 0.319. The fourth-order valence-electron chi connectivity index (χ4n) is 7.04. The predicted octanol–water partition coefficient (Wildman–Crippen LogP) is 8.48. The van der Waals surface area contributed by atoms with Crippen molar-refractivity contribution in [3.8, 4) is 21.9 Å². The first-order chi connectivity index (χ1) is 30.6. The van der Waals surface area contributed by atoms with Gasteiger partial charge >= 0.3 is 0 Å². The average molecular weight is 891 g/mol. The number of ether oxygens (including phenoxy) is 4. The Hall–Kier alpha value is -5.97. The van der Waals surface area contributed by atoms with E-state index in [2.05, 4.69) is 51.6 Å². The van der Waals surface area contributed by atoms with Crippen LogP contribution in [0, 0.1) is 20.8 Å². The molecule has 0 bridgehead atoms. The number of aliphatic imine (C=N–C) groups is 1. The number of nitrogens with zero attached hydrogens (tertiary/aromatic N) is 5. The van der Waals surface area contributed by atoms with E-state index in [9.17, 15) is 9.59 Å². The molecule has 0 aliphatic carbocycles. The molecule has 3 aromatic heterocycles. The zero-order valence-corrected chi connectivity index (χ0v) is 37.4. The molecule has 14 nitrogen and oxygen atoms in total. The monoisotopic (exact) mass is 890 g/mol. The van der Waals surface area contributed by atoms with Gasteiger partial charge in [0.2, 0.25) is 11.8 Å². The molecule has 0 saturated heterocycles. The number of halogens is 1. The van der Waals surface area contributed by atoms with E-state index in [-0.39, 0.29) is 18.2 Å². The van der Waals surface area contributed by atoms with E-state index in [1.807, 2.05) is 54.8 Å². The highest BCUT2D eigenvalue weighted by atomic mass is 35.5. The molecule has 0 fully saturated rings. The quantitative estimate of drug-likeness (QED) is 0.0481. The van der Waals surface area contributed by atoms with E-state index in [1.54, 1.807) is 54.0 Å². The molecular formula is C47H51ClN8O6S. The number of allylic oxidation sites excluding steroid dienone is 5. The summed E-state index contributed by atoms with van der Waals surface area (Å²) in [6, 6.07) is 16.5. The number of aryl methyl sites for hydroxylation is 2. The van der Waals surface area contributed by atoms with Crippen LogP contribution in [-0.4, -0.2) is 90.1 Å². The van der Waals surface area contributed by atoms with Crippen LogP contribution in [0.2, 0.25) is 0 Å². The number of rotatable bonds is 21. The number of hydrogen-bond acceptors (Lipinski definition) is 12. The van der Waals surface area contributed by atoms with Gasteiger partial charge in [-0.3, -0.25) is 19.1 Å². The van der Waals surface area contributed by atoms with Crippen molar-refractivity contribution in [1.82, 2.24) is 19.7 Å². The molecular weight excluding hydrogens is 840 g/mol. The van der Waals surface area contributed by atoms with Gasteiger partial charge in [-0.2, -0.15) is 0 Å². The largest absolute Gasteiger partial charge is 0.491 e. The Labute approximate surface area is 376 Å². The molecule has 2 aromatic carbocycles. The second-order valence-electron chi connectivity index (χ2n) is 14.8. The summed E-state index contributed by atoms with van der Waals surface area (Å²) in [5, 5.41) is 19.6. The molecule has 2 aliphatic heterocycles. The van der Waals surface area contributed by atoms with Gasteiger partial charge in [0.15, 0.2) is 5.82 Å². The molecule has 0 unspecified atom stereocenters. The first kappa shape index (κ1) is 45.1. The highest BCUT2D eigenvalue weighted by molar-refractivity contribution is 7.15. The van der Waals surface area contributed by atoms with Crippen molar-refractivity contribution >= 4 is 57.7 Å². The van der Waals surface area contributed by atoms with Gasteiger partial charge in [0.25, 0.3) is 0 Å². The maximum atomic E-state index is 13.5. The average Bonchev–Trinajstić information content (AvgIpc) is 3.92. The van der Waals surface area contributed by atoms with Crippen molar-refractivity contribution in [2.45, 2.75) is 46.6 Å². The van der Waals surface area contributed by atoms with E-state index >= 15 is 0 Å². The molecule has 7 rings (SSSR count). The number of nitrogens with one attached hydrogen (secondary N) is 3. The summed E-state index contributed by atoms with van der Waals surface area (Å²) < 4.78 is 24.8. The summed E-state index contributed by atoms with van der Waals surface area (Å²) in [7, 11) is 0. The van der Waals surface area contributed by atoms with Crippen LogP contribution in [0.25, 0.3) is 16.1 Å². The van der Waals surface area contributed by atoms with Gasteiger partial charge in [0.05, 0.1) is 58.2 Å². The molecule has 0 radical (unpaired) electrons. The molecule has 2 amide bonds. The van der Waals surface area contributed by atoms with Crippen molar-refractivity contribution in [2.24, 2.45) is 4.99 Å². The molecule has 0 spiro atoms. The number of thiophene rings is 1. The van der Waals surface area contributed by atoms with E-state index in [0.29, 0.717) is 98.6 Å². The van der Waals surface area contributed by atoms with Gasteiger partial charge in [0.1, 0.15) is 35.0 Å². The lowest BCUT2D eigenvalue weighted by molar-refractivity contribution is -0.117. The number of benzene rings is 2. The van der Waals surface area contributed by atoms with Crippen LogP contribution >= 0.6 is 22.9 Å². The summed E-state index contributed by atoms with van der Waals surface area (Å²) in [5.74, 6) is 2.52. The lowest BCUT2D eigenvalue weighted by Gasteiger charge is -2.13. The summed E-state index contributed by atoms with van der Waals surface area (Å²) in [4.78, 5) is 35.9. The maximum Gasteiger partial charge on any atom is 0.228 e. The van der Waals surface area contributed by atoms with E-state index < -0.39 is 6.04 Å². The Bertz CT molecular complexity index is 2550. The fourth-order valence-corrected chi connectivity index (χ4v) is 8.32. The Morgan fingerprint density at radius 3 is 2.44 bits per heavy atom. The highest BCUT2D eigenvalue weighted by Crippen LogP contribution is 2.40. The lowest BCUT2D eigenvalue weighted by atomic mass is 10.00. The van der Waals surface area contributed by atoms with Gasteiger partial charge in [0, 0.05) is 39.6 Å². The summed E-state index contributed by atoms with van der Waals surface area (Å²) in [6.45, 7) is 15.9. The number of amides is 2. The van der Waals surface area contributed by atoms with Crippen LogP contribution < -0.4 is 20.7 Å². The molecule has 5 heterocycles. The third-order valence-electron chi connectivity index (χ3n) is 10.4. The minimum Gasteiger partial charge on any atom is -0.491 e. The molecule has 5 aromatic rings. The van der Waals surface area contributed by atoms with Gasteiger partial charge in [-0.05, 0) is 104 Å². The Kier molecular flexibility index (Phi) is 15.3. The summed E-state index contributed by atoms with van der Waals surface area (Å²) in [6.07, 6.45) is 7.67. The number of carbonyl (C=O) groups is 2. The number of anilines is 3. The van der Waals surface area contributed by atoms with Gasteiger partial charge in [-0.15, -0.1) is 21.5 Å². The molecule has 3 N–H and O–H groups in total. The minimum atomic E-state index is -0.609. The number of pyridine rings is 1. The van der Waals surface area contributed by atoms with Gasteiger partial charge in [-0.1, -0.05) is 42.5 Å². The van der Waals surface area contributed by atoms with Gasteiger partial charge < -0.3 is 34.9 Å². The van der Waals surface area contributed by atoms with Gasteiger partial charge in [-0.25, -0.2) is 4.98 Å². The van der Waals surface area contributed by atoms with Crippen molar-refractivity contribution in [2.75, 3.05) is 68.7 Å². The highest BCUT2D eigenvalue weighted by Gasteiger charge is 2.32. The Morgan fingerprint density at radius 2 is 1.68 bits per heavy atom. The summed E-state index contributed by atoms with van der Waals surface area (Å²) >= 11 is 7.91. The first-order valence-electron chi connectivity index (χ1n) is 20.8. The molecule has 63 heavy (non-hydrogen) atoms. The predicted molar refractivity (Wildman–Crippen MR) is 249 cm³/mol. The first-order valence-corrected chi connectivity index (χ1v) is 22.0. The van der Waals surface area contributed by atoms with E-state index in [4.69, 9.17) is 35.5 Å². The standard InChI is InChI=1S/C47H51ClN8O6S/c1-6-36(48)10-7-29(2)45-44-30(3)31(4)63-47(44)56-32(5)54-55-46(56)40(53-45)28-43(58)51-37-11-13-38(14-12-37)62-24-23-61-22-21-60-20-19-59-18-17-50-41-26-34(15-16-49-41)33-8-9-35-27-42(57)52-39(35)25-33/h6-16,25-26,40H,2,17-24,27-28H2,1,3-5H3,(H,49,50)(H,51,58)(H,52,57)/b10-7-,36-6+/t40-/m0/s1. The smallest absolute Gasteiger partial charge is 0.228 e. The molecule has 0 saturated carbocycles. The maximum absolute atomic E-state index is 13.5. The Morgan fingerprint density at radius 1 is 0.952 bits per heavy atom. The molecule has 1 atom stereocenters. The van der Waals surface area contributed by atoms with Crippen molar-refractivity contribution in [3.63, 3.8) is 0 Å². The van der Waals surface area contributed by atoms with E-state index in [1.165, 1.54) is 0 Å². The van der Waals surface area contributed by atoms with Crippen LogP contribution in [-0.2, 0) is 30.2 Å². The second kappa shape index (κ2) is 21.4. The zero-order valence-electron chi connectivity index (χ0n) is 35.8. The van der Waals surface area contributed by atoms with Crippen molar-refractivity contribution < 1.29 is 28.5 Å². The minimum absolute atomic E-state index is 0.0228. The molecule has 2 aliphatic rings. The number of aromatic nitrogens is 4. The molecule has 328 valence electrons. The third-order valence-corrected chi connectivity index (χ3v) is 11.9. The van der Waals surface area contributed by atoms with Crippen LogP contribution in [0.3, 0.4) is 0 Å². The van der Waals surface area contributed by atoms with Crippen LogP contribution in [0.15, 0.2) is 101 Å². The lowest BCUT2D eigenvalue weighted by Crippen LogP contribution is -2.17. The van der Waals surface area contributed by atoms with Crippen molar-refractivity contribution in [1.29, 1.82) is 0 Å². The van der Waals surface area contributed by atoms with Crippen LogP contribution in [0.1, 0.15) is 52.6 Å². The number of carbonyl (C=O) groups excluding carboxylic acids is 2. The second-order valence-corrected chi connectivity index (χ2v) is 16.5. The normalized spacial score (nSPS) is 14.4. The Balaban J connectivity index is 0.781. The summed E-state index contributed by atoms with van der Waals surface area (Å²) in [5.41, 5.74) is 7.96. The molecule has 16 heteroatoms. The van der Waals surface area contributed by atoms with Crippen LogP contribution in [0.4, 0.5) is 17.2 Å². The topological polar surface area (TPSA) is 163 Å². The van der Waals surface area contributed by atoms with E-state index in [0.717, 1.165) is 49.2 Å². The van der Waals surface area contributed by atoms with Crippen molar-refractivity contribution in [3.05, 3.63) is 129 Å².